The average molecular weight is 1270 g/mol. The van der Waals surface area contributed by atoms with Gasteiger partial charge in [0.1, 0.15) is 19.3 Å². The normalized spacial score (nSPS) is 15.0. The summed E-state index contributed by atoms with van der Waals surface area (Å²) in [5.41, 5.74) is 0. The zero-order chi connectivity index (χ0) is 63.9. The van der Waals surface area contributed by atoms with E-state index in [-0.39, 0.29) is 25.7 Å². The molecular weight excluding hydrogens is 1140 g/mol. The topological polar surface area (TPSA) is 237 Å². The third-order valence-corrected chi connectivity index (χ3v) is 17.9. The summed E-state index contributed by atoms with van der Waals surface area (Å²) < 4.78 is 68.1. The van der Waals surface area contributed by atoms with Crippen molar-refractivity contribution in [2.45, 2.75) is 343 Å². The van der Waals surface area contributed by atoms with E-state index < -0.39 is 97.5 Å². The van der Waals surface area contributed by atoms with Crippen LogP contribution in [0.3, 0.4) is 0 Å². The fourth-order valence-electron chi connectivity index (χ4n) is 9.89. The molecule has 0 saturated carbocycles. The zero-order valence-corrected chi connectivity index (χ0v) is 57.7. The SMILES string of the molecule is CCC(C)CCCCCCCCCCC(=O)O[C@H](COC(=O)CCCCCCCCC(C)CC)COP(=O)(O)OC[C@H](O)COP(=O)(O)OC[C@@H](COC(=O)CCCCCCCCCCCCC(C)C)OC(=O)CCCCCCCCCCC(C)C. The van der Waals surface area contributed by atoms with Gasteiger partial charge in [0.15, 0.2) is 12.2 Å². The lowest BCUT2D eigenvalue weighted by atomic mass is 9.99. The quantitative estimate of drug-likeness (QED) is 0.0222. The Balaban J connectivity index is 5.27. The van der Waals surface area contributed by atoms with E-state index >= 15 is 0 Å². The predicted octanol–water partition coefficient (Wildman–Crippen LogP) is 18.5. The molecule has 0 aliphatic carbocycles. The van der Waals surface area contributed by atoms with Crippen LogP contribution in [0.25, 0.3) is 0 Å². The number of aliphatic hydroxyl groups excluding tert-OH is 1. The maximum Gasteiger partial charge on any atom is 0.472 e. The lowest BCUT2D eigenvalue weighted by Crippen LogP contribution is -2.30. The molecule has 0 bridgehead atoms. The number of unbranched alkanes of at least 4 members (excludes halogenated alkanes) is 28. The van der Waals surface area contributed by atoms with Gasteiger partial charge in [-0.1, -0.05) is 274 Å². The molecule has 0 aliphatic rings. The van der Waals surface area contributed by atoms with Gasteiger partial charge in [-0.3, -0.25) is 37.3 Å². The van der Waals surface area contributed by atoms with Crippen LogP contribution in [0.1, 0.15) is 325 Å². The van der Waals surface area contributed by atoms with Crippen LogP contribution < -0.4 is 0 Å². The number of esters is 4. The summed E-state index contributed by atoms with van der Waals surface area (Å²) in [6.07, 6.45) is 37.6. The molecule has 0 fully saturated rings. The number of ether oxygens (including phenoxy) is 4. The molecule has 0 radical (unpaired) electrons. The molecule has 0 aromatic carbocycles. The van der Waals surface area contributed by atoms with Crippen molar-refractivity contribution in [2.75, 3.05) is 39.6 Å². The summed E-state index contributed by atoms with van der Waals surface area (Å²) in [7, 11) is -9.90. The van der Waals surface area contributed by atoms with E-state index in [1.54, 1.807) is 0 Å². The molecule has 0 aromatic heterocycles. The van der Waals surface area contributed by atoms with Crippen LogP contribution in [0.5, 0.6) is 0 Å². The Hall–Kier alpha value is -1.94. The van der Waals surface area contributed by atoms with Crippen LogP contribution >= 0.6 is 15.6 Å². The van der Waals surface area contributed by atoms with Crippen LogP contribution in [-0.2, 0) is 65.4 Å². The van der Waals surface area contributed by atoms with Gasteiger partial charge in [-0.15, -0.1) is 0 Å². The first-order valence-electron chi connectivity index (χ1n) is 34.8. The number of phosphoric acid groups is 2. The van der Waals surface area contributed by atoms with Crippen LogP contribution in [0.4, 0.5) is 0 Å². The molecule has 4 unspecified atom stereocenters. The van der Waals surface area contributed by atoms with Gasteiger partial charge >= 0.3 is 39.5 Å². The highest BCUT2D eigenvalue weighted by molar-refractivity contribution is 7.47. The molecule has 0 heterocycles. The van der Waals surface area contributed by atoms with E-state index in [1.807, 2.05) is 0 Å². The van der Waals surface area contributed by atoms with Gasteiger partial charge in [0.05, 0.1) is 26.4 Å². The van der Waals surface area contributed by atoms with Crippen molar-refractivity contribution in [3.63, 3.8) is 0 Å². The molecule has 86 heavy (non-hydrogen) atoms. The monoisotopic (exact) mass is 1270 g/mol. The molecule has 0 aromatic rings. The average Bonchev–Trinajstić information content (AvgIpc) is 3.68. The number of hydrogen-bond acceptors (Lipinski definition) is 15. The zero-order valence-electron chi connectivity index (χ0n) is 55.9. The van der Waals surface area contributed by atoms with Gasteiger partial charge in [-0.05, 0) is 49.4 Å². The Labute approximate surface area is 524 Å². The number of phosphoric ester groups is 2. The maximum absolute atomic E-state index is 13.0. The third-order valence-electron chi connectivity index (χ3n) is 16.0. The van der Waals surface area contributed by atoms with Crippen molar-refractivity contribution in [2.24, 2.45) is 23.7 Å². The smallest absolute Gasteiger partial charge is 0.462 e. The highest BCUT2D eigenvalue weighted by atomic mass is 31.2. The van der Waals surface area contributed by atoms with Crippen molar-refractivity contribution in [1.29, 1.82) is 0 Å². The first kappa shape index (κ1) is 84.1. The Bertz CT molecular complexity index is 1720. The van der Waals surface area contributed by atoms with E-state index in [0.717, 1.165) is 120 Å². The minimum absolute atomic E-state index is 0.103. The van der Waals surface area contributed by atoms with Gasteiger partial charge in [-0.2, -0.15) is 0 Å². The van der Waals surface area contributed by atoms with Crippen LogP contribution in [0.2, 0.25) is 0 Å². The van der Waals surface area contributed by atoms with Crippen molar-refractivity contribution in [1.82, 2.24) is 0 Å². The summed E-state index contributed by atoms with van der Waals surface area (Å²) in [4.78, 5) is 72.4. The summed E-state index contributed by atoms with van der Waals surface area (Å²) in [5.74, 6) is 0.840. The van der Waals surface area contributed by atoms with E-state index in [4.69, 9.17) is 37.0 Å². The minimum atomic E-state index is -4.95. The number of carbonyl (C=O) groups excluding carboxylic acids is 4. The summed E-state index contributed by atoms with van der Waals surface area (Å²) >= 11 is 0. The Morgan fingerprint density at radius 2 is 0.558 bits per heavy atom. The molecule has 0 spiro atoms. The lowest BCUT2D eigenvalue weighted by molar-refractivity contribution is -0.161. The molecule has 0 rings (SSSR count). The minimum Gasteiger partial charge on any atom is -0.462 e. The lowest BCUT2D eigenvalue weighted by Gasteiger charge is -2.21. The molecule has 510 valence electrons. The van der Waals surface area contributed by atoms with Gasteiger partial charge < -0.3 is 33.8 Å². The van der Waals surface area contributed by atoms with Gasteiger partial charge in [0.25, 0.3) is 0 Å². The maximum atomic E-state index is 13.0. The third kappa shape index (κ3) is 58.4. The van der Waals surface area contributed by atoms with E-state index in [2.05, 4.69) is 55.4 Å². The summed E-state index contributed by atoms with van der Waals surface area (Å²) in [5, 5.41) is 10.6. The van der Waals surface area contributed by atoms with Crippen LogP contribution in [0, 0.1) is 23.7 Å². The molecule has 0 amide bonds. The van der Waals surface area contributed by atoms with Crippen molar-refractivity contribution in [3.05, 3.63) is 0 Å². The van der Waals surface area contributed by atoms with Gasteiger partial charge in [0, 0.05) is 25.7 Å². The summed E-state index contributed by atoms with van der Waals surface area (Å²) in [6.45, 7) is 14.0. The fraction of sp³-hybridized carbons (Fsp3) is 0.940. The first-order chi connectivity index (χ1) is 41.2. The van der Waals surface area contributed by atoms with E-state index in [0.29, 0.717) is 25.7 Å². The van der Waals surface area contributed by atoms with Gasteiger partial charge in [0.2, 0.25) is 0 Å². The van der Waals surface area contributed by atoms with Gasteiger partial charge in [-0.25, -0.2) is 9.13 Å². The molecular formula is C67H130O17P2. The second-order valence-corrected chi connectivity index (χ2v) is 28.6. The number of carbonyl (C=O) groups is 4. The first-order valence-corrected chi connectivity index (χ1v) is 37.8. The van der Waals surface area contributed by atoms with Crippen LogP contribution in [0.15, 0.2) is 0 Å². The van der Waals surface area contributed by atoms with Crippen molar-refractivity contribution >= 4 is 39.5 Å². The Morgan fingerprint density at radius 1 is 0.326 bits per heavy atom. The summed E-state index contributed by atoms with van der Waals surface area (Å²) in [6, 6.07) is 0. The van der Waals surface area contributed by atoms with E-state index in [9.17, 15) is 43.2 Å². The second kappa shape index (κ2) is 57.0. The molecule has 3 N–H and O–H groups in total. The number of hydrogen-bond donors (Lipinski definition) is 3. The Kier molecular flexibility index (Phi) is 55.7. The standard InChI is InChI=1S/C67H130O17P2/c1-9-59(7)45-37-29-21-16-18-24-34-42-50-67(72)84-63(54-78-65(70)48-40-32-26-25-30-38-46-60(8)10-2)56-82-86(75,76)80-52-61(68)51-79-85(73,74)81-55-62(83-66(71)49-41-33-23-17-15-20-28-36-44-58(5)6)53-77-64(69)47-39-31-22-14-12-11-13-19-27-35-43-57(3)4/h57-63,68H,9-56H2,1-8H3,(H,73,74)(H,75,76)/t59?,60?,61-,62-,63-/m1/s1. The fourth-order valence-corrected chi connectivity index (χ4v) is 11.5. The highest BCUT2D eigenvalue weighted by Crippen LogP contribution is 2.45. The van der Waals surface area contributed by atoms with Crippen LogP contribution in [-0.4, -0.2) is 96.7 Å². The predicted molar refractivity (Wildman–Crippen MR) is 344 cm³/mol. The highest BCUT2D eigenvalue weighted by Gasteiger charge is 2.30. The van der Waals surface area contributed by atoms with Crippen molar-refractivity contribution < 1.29 is 80.2 Å². The molecule has 19 heteroatoms. The molecule has 0 aliphatic heterocycles. The second-order valence-electron chi connectivity index (χ2n) is 25.6. The largest absolute Gasteiger partial charge is 0.472 e. The molecule has 0 saturated heterocycles. The van der Waals surface area contributed by atoms with Crippen molar-refractivity contribution in [3.8, 4) is 0 Å². The Morgan fingerprint density at radius 3 is 0.826 bits per heavy atom. The number of aliphatic hydroxyl groups is 1. The number of rotatable bonds is 64. The molecule has 17 nitrogen and oxygen atoms in total. The van der Waals surface area contributed by atoms with E-state index in [1.165, 1.54) is 122 Å². The molecule has 7 atom stereocenters.